The number of para-hydroxylation sites is 1. The minimum atomic E-state index is -0.623. The van der Waals surface area contributed by atoms with Crippen molar-refractivity contribution in [3.05, 3.63) is 29.8 Å². The molecule has 8 heteroatoms. The Balaban J connectivity index is 1.50. The average Bonchev–Trinajstić information content (AvgIpc) is 3.13. The zero-order chi connectivity index (χ0) is 27.0. The number of rotatable bonds is 10. The number of amides is 1. The van der Waals surface area contributed by atoms with E-state index in [1.54, 1.807) is 4.90 Å². The van der Waals surface area contributed by atoms with Crippen molar-refractivity contribution >= 4 is 17.8 Å². The molecule has 1 saturated heterocycles. The first-order valence-corrected chi connectivity index (χ1v) is 13.6. The molecule has 1 aromatic rings. The Hall–Kier alpha value is -2.61. The Morgan fingerprint density at radius 2 is 1.78 bits per heavy atom. The summed E-state index contributed by atoms with van der Waals surface area (Å²) >= 11 is 0. The van der Waals surface area contributed by atoms with Crippen LogP contribution in [0.25, 0.3) is 0 Å². The fourth-order valence-electron chi connectivity index (χ4n) is 5.01. The van der Waals surface area contributed by atoms with E-state index >= 15 is 0 Å². The van der Waals surface area contributed by atoms with Gasteiger partial charge in [0, 0.05) is 12.5 Å². The predicted molar refractivity (Wildman–Crippen MR) is 140 cm³/mol. The number of carbonyl (C=O) groups excluding carboxylic acids is 3. The minimum absolute atomic E-state index is 0.0198. The maximum absolute atomic E-state index is 12.7. The number of likely N-dealkylation sites (tertiary alicyclic amines) is 1. The van der Waals surface area contributed by atoms with Gasteiger partial charge < -0.3 is 18.9 Å². The van der Waals surface area contributed by atoms with Gasteiger partial charge in [0.15, 0.2) is 12.4 Å². The van der Waals surface area contributed by atoms with Gasteiger partial charge in [-0.1, -0.05) is 31.5 Å². The van der Waals surface area contributed by atoms with E-state index in [1.165, 1.54) is 0 Å². The molecule has 0 radical (unpaired) electrons. The standard InChI is InChI=1S/C29H43NO7/c1-6-7-16-34-27(32)19-36-26-11-9-8-10-23(26)21-12-14-22(15-13-21)35-18-24-25(31)17-20(2)30(24)28(33)37-29(3,4)5/h8-11,20-22,24H,6-7,12-19H2,1-5H3/t20-,21?,22?,24?/m1/s1. The summed E-state index contributed by atoms with van der Waals surface area (Å²) in [6, 6.07) is 7.05. The molecule has 1 unspecified atom stereocenters. The molecule has 2 fully saturated rings. The molecule has 0 bridgehead atoms. The molecule has 2 atom stereocenters. The third-order valence-electron chi connectivity index (χ3n) is 6.91. The van der Waals surface area contributed by atoms with E-state index in [0.29, 0.717) is 18.9 Å². The lowest BCUT2D eigenvalue weighted by molar-refractivity contribution is -0.146. The molecule has 2 aliphatic rings. The molecular weight excluding hydrogens is 474 g/mol. The van der Waals surface area contributed by atoms with Gasteiger partial charge in [0.1, 0.15) is 17.4 Å². The predicted octanol–water partition coefficient (Wildman–Crippen LogP) is 5.42. The second kappa shape index (κ2) is 13.3. The highest BCUT2D eigenvalue weighted by Gasteiger charge is 2.43. The molecule has 1 aromatic carbocycles. The van der Waals surface area contributed by atoms with Crippen LogP contribution < -0.4 is 4.74 Å². The van der Waals surface area contributed by atoms with Gasteiger partial charge in [0.2, 0.25) is 0 Å². The molecule has 8 nitrogen and oxygen atoms in total. The number of nitrogens with zero attached hydrogens (tertiary/aromatic N) is 1. The van der Waals surface area contributed by atoms with Crippen molar-refractivity contribution in [3.63, 3.8) is 0 Å². The Morgan fingerprint density at radius 1 is 1.08 bits per heavy atom. The van der Waals surface area contributed by atoms with Gasteiger partial charge in [0.05, 0.1) is 19.3 Å². The number of Topliss-reactive ketones (excluding diaryl/α,β-unsaturated/α-hetero) is 1. The number of unbranched alkanes of at least 4 members (excludes halogenated alkanes) is 1. The first kappa shape index (κ1) is 29.0. The number of ether oxygens (including phenoxy) is 4. The molecule has 37 heavy (non-hydrogen) atoms. The Labute approximate surface area is 221 Å². The maximum Gasteiger partial charge on any atom is 0.411 e. The van der Waals surface area contributed by atoms with Crippen LogP contribution in [-0.2, 0) is 23.8 Å². The summed E-state index contributed by atoms with van der Waals surface area (Å²) in [5.41, 5.74) is 0.472. The third kappa shape index (κ3) is 8.45. The number of hydrogen-bond donors (Lipinski definition) is 0. The van der Waals surface area contributed by atoms with E-state index in [2.05, 4.69) is 6.07 Å². The minimum Gasteiger partial charge on any atom is -0.482 e. The van der Waals surface area contributed by atoms with E-state index < -0.39 is 17.7 Å². The first-order valence-electron chi connectivity index (χ1n) is 13.6. The zero-order valence-corrected chi connectivity index (χ0v) is 23.0. The van der Waals surface area contributed by atoms with Gasteiger partial charge in [-0.3, -0.25) is 9.69 Å². The highest BCUT2D eigenvalue weighted by molar-refractivity contribution is 5.91. The summed E-state index contributed by atoms with van der Waals surface area (Å²) in [6.45, 7) is 9.90. The number of ketones is 1. The summed E-state index contributed by atoms with van der Waals surface area (Å²) in [4.78, 5) is 38.8. The molecule has 1 amide bonds. The quantitative estimate of drug-likeness (QED) is 0.302. The summed E-state index contributed by atoms with van der Waals surface area (Å²) in [6.07, 6.45) is 5.23. The molecule has 0 aromatic heterocycles. The number of carbonyl (C=O) groups is 3. The molecule has 1 heterocycles. The largest absolute Gasteiger partial charge is 0.482 e. The molecule has 1 saturated carbocycles. The smallest absolute Gasteiger partial charge is 0.411 e. The van der Waals surface area contributed by atoms with Gasteiger partial charge in [-0.05, 0) is 77.3 Å². The SMILES string of the molecule is CCCCOC(=O)COc1ccccc1C1CCC(OCC2C(=O)C[C@@H](C)N2C(=O)OC(C)(C)C)CC1. The Kier molecular flexibility index (Phi) is 10.4. The normalized spacial score (nSPS) is 24.1. The Bertz CT molecular complexity index is 917. The highest BCUT2D eigenvalue weighted by Crippen LogP contribution is 2.38. The van der Waals surface area contributed by atoms with Gasteiger partial charge in [-0.25, -0.2) is 9.59 Å². The average molecular weight is 518 g/mol. The number of hydrogen-bond acceptors (Lipinski definition) is 7. The van der Waals surface area contributed by atoms with Crippen LogP contribution in [0.2, 0.25) is 0 Å². The number of benzene rings is 1. The van der Waals surface area contributed by atoms with Crippen LogP contribution in [0, 0.1) is 0 Å². The third-order valence-corrected chi connectivity index (χ3v) is 6.91. The summed E-state index contributed by atoms with van der Waals surface area (Å²) in [5.74, 6) is 0.694. The van der Waals surface area contributed by atoms with Crippen molar-refractivity contribution in [2.45, 2.75) is 109 Å². The fraction of sp³-hybridized carbons (Fsp3) is 0.690. The van der Waals surface area contributed by atoms with Crippen LogP contribution in [0.5, 0.6) is 5.75 Å². The lowest BCUT2D eigenvalue weighted by atomic mass is 9.82. The zero-order valence-electron chi connectivity index (χ0n) is 23.0. The summed E-state index contributed by atoms with van der Waals surface area (Å²) in [5, 5.41) is 0. The second-order valence-electron chi connectivity index (χ2n) is 11.1. The molecule has 1 aliphatic heterocycles. The van der Waals surface area contributed by atoms with Crippen LogP contribution in [0.3, 0.4) is 0 Å². The lowest BCUT2D eigenvalue weighted by Gasteiger charge is -2.33. The van der Waals surface area contributed by atoms with Crippen molar-refractivity contribution in [3.8, 4) is 5.75 Å². The maximum atomic E-state index is 12.7. The molecule has 0 N–H and O–H groups in total. The molecular formula is C29H43NO7. The summed E-state index contributed by atoms with van der Waals surface area (Å²) in [7, 11) is 0. The van der Waals surface area contributed by atoms with Crippen LogP contribution in [-0.4, -0.2) is 66.4 Å². The number of esters is 1. The van der Waals surface area contributed by atoms with Crippen molar-refractivity contribution in [1.29, 1.82) is 0 Å². The monoisotopic (exact) mass is 517 g/mol. The van der Waals surface area contributed by atoms with E-state index in [4.69, 9.17) is 18.9 Å². The van der Waals surface area contributed by atoms with Crippen molar-refractivity contribution < 1.29 is 33.3 Å². The molecule has 0 spiro atoms. The van der Waals surface area contributed by atoms with E-state index in [1.807, 2.05) is 52.8 Å². The van der Waals surface area contributed by atoms with Gasteiger partial charge >= 0.3 is 12.1 Å². The van der Waals surface area contributed by atoms with Crippen LogP contribution in [0.4, 0.5) is 4.79 Å². The van der Waals surface area contributed by atoms with Crippen molar-refractivity contribution in [2.75, 3.05) is 19.8 Å². The van der Waals surface area contributed by atoms with E-state index in [9.17, 15) is 14.4 Å². The lowest BCUT2D eigenvalue weighted by Crippen LogP contribution is -2.47. The molecule has 3 rings (SSSR count). The molecule has 1 aliphatic carbocycles. The van der Waals surface area contributed by atoms with Crippen molar-refractivity contribution in [1.82, 2.24) is 4.90 Å². The van der Waals surface area contributed by atoms with Gasteiger partial charge in [-0.15, -0.1) is 0 Å². The van der Waals surface area contributed by atoms with E-state index in [-0.39, 0.29) is 37.1 Å². The van der Waals surface area contributed by atoms with Crippen LogP contribution >= 0.6 is 0 Å². The second-order valence-corrected chi connectivity index (χ2v) is 11.1. The van der Waals surface area contributed by atoms with Gasteiger partial charge in [0.25, 0.3) is 0 Å². The fourth-order valence-corrected chi connectivity index (χ4v) is 5.01. The molecule has 206 valence electrons. The van der Waals surface area contributed by atoms with Crippen LogP contribution in [0.1, 0.15) is 91.0 Å². The van der Waals surface area contributed by atoms with Crippen LogP contribution in [0.15, 0.2) is 24.3 Å². The highest BCUT2D eigenvalue weighted by atomic mass is 16.6. The van der Waals surface area contributed by atoms with E-state index in [0.717, 1.165) is 49.8 Å². The summed E-state index contributed by atoms with van der Waals surface area (Å²) < 4.78 is 22.7. The Morgan fingerprint density at radius 3 is 2.46 bits per heavy atom. The van der Waals surface area contributed by atoms with Crippen molar-refractivity contribution in [2.24, 2.45) is 0 Å². The topological polar surface area (TPSA) is 91.4 Å². The van der Waals surface area contributed by atoms with Gasteiger partial charge in [-0.2, -0.15) is 0 Å². The first-order chi connectivity index (χ1) is 17.6.